The van der Waals surface area contributed by atoms with Crippen LogP contribution in [-0.2, 0) is 12.8 Å². The maximum absolute atomic E-state index is 13.1. The van der Waals surface area contributed by atoms with E-state index in [1.54, 1.807) is 7.11 Å². The molecule has 3 aromatic rings. The smallest absolute Gasteiger partial charge is 0.253 e. The molecule has 1 amide bonds. The summed E-state index contributed by atoms with van der Waals surface area (Å²) in [5, 5.41) is 0. The summed E-state index contributed by atoms with van der Waals surface area (Å²) in [6.45, 7) is 9.20. The number of hydrogen-bond acceptors (Lipinski definition) is 5. The molecule has 1 aromatic heterocycles. The Hall–Kier alpha value is -3.41. The van der Waals surface area contributed by atoms with Crippen LogP contribution in [0, 0.1) is 13.8 Å². The molecule has 34 heavy (non-hydrogen) atoms. The van der Waals surface area contributed by atoms with Crippen LogP contribution in [0.1, 0.15) is 51.9 Å². The minimum Gasteiger partial charge on any atom is -0.497 e. The van der Waals surface area contributed by atoms with Crippen LogP contribution >= 0.6 is 0 Å². The zero-order valence-corrected chi connectivity index (χ0v) is 20.7. The molecule has 6 nitrogen and oxygen atoms in total. The number of rotatable bonds is 6. The topological polar surface area (TPSA) is 58.6 Å². The van der Waals surface area contributed by atoms with Gasteiger partial charge in [0.2, 0.25) is 0 Å². The van der Waals surface area contributed by atoms with Gasteiger partial charge in [-0.15, -0.1) is 0 Å². The number of carbonyl (C=O) groups excluding carboxylic acids is 1. The van der Waals surface area contributed by atoms with Gasteiger partial charge in [-0.1, -0.05) is 36.8 Å². The summed E-state index contributed by atoms with van der Waals surface area (Å²) < 4.78 is 5.31. The van der Waals surface area contributed by atoms with E-state index in [-0.39, 0.29) is 5.91 Å². The van der Waals surface area contributed by atoms with Crippen molar-refractivity contribution in [3.63, 3.8) is 0 Å². The molecule has 0 N–H and O–H groups in total. The molecule has 0 atom stereocenters. The lowest BCUT2D eigenvalue weighted by atomic mass is 10.0. The van der Waals surface area contributed by atoms with Crippen molar-refractivity contribution in [2.24, 2.45) is 0 Å². The molecule has 1 aliphatic rings. The molecule has 0 unspecified atom stereocenters. The summed E-state index contributed by atoms with van der Waals surface area (Å²) in [6.07, 6.45) is 2.53. The van der Waals surface area contributed by atoms with Gasteiger partial charge in [-0.3, -0.25) is 4.79 Å². The second kappa shape index (κ2) is 10.7. The molecule has 0 spiro atoms. The van der Waals surface area contributed by atoms with E-state index in [1.165, 1.54) is 11.1 Å². The van der Waals surface area contributed by atoms with Gasteiger partial charge in [0, 0.05) is 49.4 Å². The SMILES string of the molecule is CCc1nc(C)nc(N2CCCN(C(=O)c3ccc(C)cc3)CC2)c1Cc1ccc(OC)cc1. The number of nitrogens with zero attached hydrogens (tertiary/aromatic N) is 4. The first kappa shape index (κ1) is 23.7. The standard InChI is InChI=1S/C28H34N4O2/c1-5-26-25(19-22-9-13-24(34-4)14-10-22)27(30-21(3)29-26)31-15-6-16-32(18-17-31)28(33)23-11-7-20(2)8-12-23/h7-14H,5-6,15-19H2,1-4H3. The van der Waals surface area contributed by atoms with Gasteiger partial charge < -0.3 is 14.5 Å². The molecule has 0 saturated carbocycles. The normalized spacial score (nSPS) is 14.1. The third-order valence-electron chi connectivity index (χ3n) is 6.44. The average molecular weight is 459 g/mol. The molecular formula is C28H34N4O2. The van der Waals surface area contributed by atoms with Crippen molar-refractivity contribution in [2.75, 3.05) is 38.2 Å². The summed E-state index contributed by atoms with van der Waals surface area (Å²) in [7, 11) is 1.68. The predicted octanol–water partition coefficient (Wildman–Crippen LogP) is 4.61. The van der Waals surface area contributed by atoms with Gasteiger partial charge in [-0.05, 0) is 56.5 Å². The lowest BCUT2D eigenvalue weighted by molar-refractivity contribution is 0.0767. The van der Waals surface area contributed by atoms with Gasteiger partial charge in [-0.25, -0.2) is 9.97 Å². The Labute approximate surface area is 202 Å². The molecule has 6 heteroatoms. The van der Waals surface area contributed by atoms with E-state index in [0.717, 1.165) is 73.1 Å². The Kier molecular flexibility index (Phi) is 7.46. The third-order valence-corrected chi connectivity index (χ3v) is 6.44. The fourth-order valence-electron chi connectivity index (χ4n) is 4.53. The number of anilines is 1. The lowest BCUT2D eigenvalue weighted by Gasteiger charge is -2.26. The Morgan fingerprint density at radius 2 is 1.68 bits per heavy atom. The fraction of sp³-hybridized carbons (Fsp3) is 0.393. The molecule has 0 bridgehead atoms. The fourth-order valence-corrected chi connectivity index (χ4v) is 4.53. The van der Waals surface area contributed by atoms with Crippen LogP contribution < -0.4 is 9.64 Å². The number of benzene rings is 2. The van der Waals surface area contributed by atoms with Crippen LogP contribution in [-0.4, -0.2) is 54.1 Å². The van der Waals surface area contributed by atoms with E-state index < -0.39 is 0 Å². The lowest BCUT2D eigenvalue weighted by Crippen LogP contribution is -2.35. The largest absolute Gasteiger partial charge is 0.497 e. The summed E-state index contributed by atoms with van der Waals surface area (Å²) in [5.74, 6) is 2.76. The Balaban J connectivity index is 1.57. The molecule has 4 rings (SSSR count). The Morgan fingerprint density at radius 3 is 2.35 bits per heavy atom. The second-order valence-electron chi connectivity index (χ2n) is 8.90. The van der Waals surface area contributed by atoms with Crippen LogP contribution in [0.4, 0.5) is 5.82 Å². The third kappa shape index (κ3) is 5.38. The van der Waals surface area contributed by atoms with Crippen molar-refractivity contribution < 1.29 is 9.53 Å². The first-order valence-electron chi connectivity index (χ1n) is 12.1. The van der Waals surface area contributed by atoms with Crippen molar-refractivity contribution in [2.45, 2.75) is 40.0 Å². The van der Waals surface area contributed by atoms with E-state index in [9.17, 15) is 4.79 Å². The quantitative estimate of drug-likeness (QED) is 0.540. The molecule has 2 heterocycles. The predicted molar refractivity (Wildman–Crippen MR) is 136 cm³/mol. The van der Waals surface area contributed by atoms with Crippen LogP contribution in [0.5, 0.6) is 5.75 Å². The van der Waals surface area contributed by atoms with Gasteiger partial charge in [0.15, 0.2) is 0 Å². The van der Waals surface area contributed by atoms with Crippen LogP contribution in [0.25, 0.3) is 0 Å². The van der Waals surface area contributed by atoms with Crippen LogP contribution in [0.15, 0.2) is 48.5 Å². The van der Waals surface area contributed by atoms with Crippen molar-refractivity contribution in [1.82, 2.24) is 14.9 Å². The molecule has 1 fully saturated rings. The highest BCUT2D eigenvalue weighted by Gasteiger charge is 2.24. The zero-order chi connectivity index (χ0) is 24.1. The zero-order valence-electron chi connectivity index (χ0n) is 20.7. The van der Waals surface area contributed by atoms with Crippen LogP contribution in [0.2, 0.25) is 0 Å². The number of carbonyl (C=O) groups is 1. The average Bonchev–Trinajstić information content (AvgIpc) is 3.11. The van der Waals surface area contributed by atoms with Gasteiger partial charge in [0.05, 0.1) is 7.11 Å². The molecule has 0 radical (unpaired) electrons. The van der Waals surface area contributed by atoms with Crippen molar-refractivity contribution in [1.29, 1.82) is 0 Å². The van der Waals surface area contributed by atoms with E-state index in [1.807, 2.05) is 55.1 Å². The van der Waals surface area contributed by atoms with Crippen LogP contribution in [0.3, 0.4) is 0 Å². The number of methoxy groups -OCH3 is 1. The number of hydrogen-bond donors (Lipinski definition) is 0. The summed E-state index contributed by atoms with van der Waals surface area (Å²) in [6, 6.07) is 16.0. The van der Waals surface area contributed by atoms with Gasteiger partial charge in [0.1, 0.15) is 17.4 Å². The molecule has 1 saturated heterocycles. The molecule has 1 aliphatic heterocycles. The minimum absolute atomic E-state index is 0.105. The highest BCUT2D eigenvalue weighted by molar-refractivity contribution is 5.94. The summed E-state index contributed by atoms with van der Waals surface area (Å²) in [5.41, 5.74) is 5.39. The van der Waals surface area contributed by atoms with Gasteiger partial charge >= 0.3 is 0 Å². The minimum atomic E-state index is 0.105. The molecular weight excluding hydrogens is 424 g/mol. The monoisotopic (exact) mass is 458 g/mol. The van der Waals surface area contributed by atoms with Crippen molar-refractivity contribution in [3.8, 4) is 5.75 Å². The molecule has 0 aliphatic carbocycles. The highest BCUT2D eigenvalue weighted by atomic mass is 16.5. The van der Waals surface area contributed by atoms with Crippen molar-refractivity contribution >= 4 is 11.7 Å². The number of aryl methyl sites for hydroxylation is 3. The second-order valence-corrected chi connectivity index (χ2v) is 8.90. The number of ether oxygens (including phenoxy) is 1. The highest BCUT2D eigenvalue weighted by Crippen LogP contribution is 2.27. The molecule has 2 aromatic carbocycles. The van der Waals surface area contributed by atoms with Gasteiger partial charge in [0.25, 0.3) is 5.91 Å². The number of aromatic nitrogens is 2. The number of amides is 1. The first-order chi connectivity index (χ1) is 16.5. The van der Waals surface area contributed by atoms with Crippen molar-refractivity contribution in [3.05, 3.63) is 82.3 Å². The van der Waals surface area contributed by atoms with E-state index in [4.69, 9.17) is 14.7 Å². The maximum Gasteiger partial charge on any atom is 0.253 e. The Bertz CT molecular complexity index is 1130. The first-order valence-corrected chi connectivity index (χ1v) is 12.1. The van der Waals surface area contributed by atoms with E-state index in [2.05, 4.69) is 24.0 Å². The molecule has 178 valence electrons. The summed E-state index contributed by atoms with van der Waals surface area (Å²) in [4.78, 5) is 27.1. The Morgan fingerprint density at radius 1 is 0.941 bits per heavy atom. The van der Waals surface area contributed by atoms with Gasteiger partial charge in [-0.2, -0.15) is 0 Å². The summed E-state index contributed by atoms with van der Waals surface area (Å²) >= 11 is 0. The van der Waals surface area contributed by atoms with E-state index in [0.29, 0.717) is 6.54 Å². The maximum atomic E-state index is 13.1. The van der Waals surface area contributed by atoms with E-state index >= 15 is 0 Å².